The molecule has 2 rings (SSSR count). The summed E-state index contributed by atoms with van der Waals surface area (Å²) in [4.78, 5) is -0.482. The molecule has 1 aliphatic heterocycles. The molecule has 120 valence electrons. The SMILES string of the molecule is CC(N)C1CCCN(S(=O)(=O)c2ccc(F)cc2F)C1.Cl. The van der Waals surface area contributed by atoms with Crippen LogP contribution in [0, 0.1) is 17.6 Å². The van der Waals surface area contributed by atoms with Gasteiger partial charge in [-0.1, -0.05) is 0 Å². The Morgan fingerprint density at radius 2 is 2.05 bits per heavy atom. The Morgan fingerprint density at radius 1 is 1.38 bits per heavy atom. The smallest absolute Gasteiger partial charge is 0.245 e. The molecule has 4 nitrogen and oxygen atoms in total. The largest absolute Gasteiger partial charge is 0.328 e. The Morgan fingerprint density at radius 3 is 2.62 bits per heavy atom. The molecular weight excluding hydrogens is 322 g/mol. The number of benzene rings is 1. The third-order valence-electron chi connectivity index (χ3n) is 3.68. The third-order valence-corrected chi connectivity index (χ3v) is 5.57. The zero-order valence-corrected chi connectivity index (χ0v) is 13.3. The van der Waals surface area contributed by atoms with E-state index in [9.17, 15) is 17.2 Å². The van der Waals surface area contributed by atoms with Gasteiger partial charge in [0.15, 0.2) is 0 Å². The van der Waals surface area contributed by atoms with Crippen molar-refractivity contribution in [1.82, 2.24) is 4.31 Å². The number of nitrogens with zero attached hydrogens (tertiary/aromatic N) is 1. The topological polar surface area (TPSA) is 63.4 Å². The lowest BCUT2D eigenvalue weighted by Crippen LogP contribution is -2.45. The van der Waals surface area contributed by atoms with Gasteiger partial charge in [0.1, 0.15) is 16.5 Å². The van der Waals surface area contributed by atoms with E-state index in [0.717, 1.165) is 18.6 Å². The van der Waals surface area contributed by atoms with Crippen LogP contribution in [0.1, 0.15) is 19.8 Å². The third kappa shape index (κ3) is 3.91. The summed E-state index contributed by atoms with van der Waals surface area (Å²) in [5.74, 6) is -1.80. The van der Waals surface area contributed by atoms with Crippen molar-refractivity contribution < 1.29 is 17.2 Å². The maximum atomic E-state index is 13.7. The predicted octanol–water partition coefficient (Wildman–Crippen LogP) is 2.13. The lowest BCUT2D eigenvalue weighted by molar-refractivity contribution is 0.242. The summed E-state index contributed by atoms with van der Waals surface area (Å²) in [5.41, 5.74) is 5.82. The van der Waals surface area contributed by atoms with E-state index >= 15 is 0 Å². The van der Waals surface area contributed by atoms with Crippen molar-refractivity contribution in [3.05, 3.63) is 29.8 Å². The van der Waals surface area contributed by atoms with Crippen molar-refractivity contribution in [2.24, 2.45) is 11.7 Å². The molecule has 21 heavy (non-hydrogen) atoms. The van der Waals surface area contributed by atoms with E-state index < -0.39 is 26.6 Å². The van der Waals surface area contributed by atoms with E-state index in [1.807, 2.05) is 6.92 Å². The molecule has 1 fully saturated rings. The summed E-state index contributed by atoms with van der Waals surface area (Å²) in [6.45, 7) is 2.44. The van der Waals surface area contributed by atoms with Crippen LogP contribution in [-0.4, -0.2) is 31.9 Å². The van der Waals surface area contributed by atoms with Gasteiger partial charge >= 0.3 is 0 Å². The fourth-order valence-electron chi connectivity index (χ4n) is 2.44. The predicted molar refractivity (Wildman–Crippen MR) is 78.7 cm³/mol. The van der Waals surface area contributed by atoms with Crippen LogP contribution in [0.4, 0.5) is 8.78 Å². The monoisotopic (exact) mass is 340 g/mol. The molecule has 2 unspecified atom stereocenters. The molecule has 0 radical (unpaired) electrons. The summed E-state index contributed by atoms with van der Waals surface area (Å²) >= 11 is 0. The Hall–Kier alpha value is -0.760. The maximum absolute atomic E-state index is 13.7. The van der Waals surface area contributed by atoms with Crippen LogP contribution in [0.25, 0.3) is 0 Å². The van der Waals surface area contributed by atoms with Crippen LogP contribution >= 0.6 is 12.4 Å². The van der Waals surface area contributed by atoms with Crippen LogP contribution in [0.3, 0.4) is 0 Å². The highest BCUT2D eigenvalue weighted by molar-refractivity contribution is 7.89. The zero-order valence-electron chi connectivity index (χ0n) is 11.6. The quantitative estimate of drug-likeness (QED) is 0.916. The second kappa shape index (κ2) is 7.00. The van der Waals surface area contributed by atoms with Crippen molar-refractivity contribution in [3.63, 3.8) is 0 Å². The highest BCUT2D eigenvalue weighted by Crippen LogP contribution is 2.26. The van der Waals surface area contributed by atoms with Gasteiger partial charge < -0.3 is 5.73 Å². The molecule has 1 saturated heterocycles. The van der Waals surface area contributed by atoms with Gasteiger partial charge in [0.25, 0.3) is 0 Å². The van der Waals surface area contributed by atoms with Crippen LogP contribution in [0.2, 0.25) is 0 Å². The first-order valence-electron chi connectivity index (χ1n) is 6.53. The van der Waals surface area contributed by atoms with Gasteiger partial charge in [-0.15, -0.1) is 12.4 Å². The molecule has 8 heteroatoms. The number of piperidine rings is 1. The summed E-state index contributed by atoms with van der Waals surface area (Å²) < 4.78 is 52.6. The molecule has 0 aliphatic carbocycles. The van der Waals surface area contributed by atoms with Gasteiger partial charge in [0.05, 0.1) is 0 Å². The molecule has 1 heterocycles. The average Bonchev–Trinajstić information content (AvgIpc) is 2.38. The number of sulfonamides is 1. The van der Waals surface area contributed by atoms with E-state index in [0.29, 0.717) is 19.0 Å². The first kappa shape index (κ1) is 18.3. The highest BCUT2D eigenvalue weighted by Gasteiger charge is 2.33. The van der Waals surface area contributed by atoms with Crippen molar-refractivity contribution in [2.45, 2.75) is 30.7 Å². The fourth-order valence-corrected chi connectivity index (χ4v) is 4.03. The van der Waals surface area contributed by atoms with E-state index in [2.05, 4.69) is 0 Å². The first-order chi connectivity index (χ1) is 9.32. The normalized spacial score (nSPS) is 21.6. The number of nitrogens with two attached hydrogens (primary N) is 1. The van der Waals surface area contributed by atoms with Crippen LogP contribution in [0.15, 0.2) is 23.1 Å². The first-order valence-corrected chi connectivity index (χ1v) is 7.97. The summed E-state index contributed by atoms with van der Waals surface area (Å²) in [7, 11) is -3.94. The van der Waals surface area contributed by atoms with Crippen molar-refractivity contribution >= 4 is 22.4 Å². The van der Waals surface area contributed by atoms with Crippen molar-refractivity contribution in [3.8, 4) is 0 Å². The van der Waals surface area contributed by atoms with Gasteiger partial charge in [0.2, 0.25) is 10.0 Å². The second-order valence-electron chi connectivity index (χ2n) is 5.20. The molecule has 0 bridgehead atoms. The number of hydrogen-bond donors (Lipinski definition) is 1. The molecule has 1 aromatic rings. The van der Waals surface area contributed by atoms with Crippen LogP contribution in [0.5, 0.6) is 0 Å². The lowest BCUT2D eigenvalue weighted by Gasteiger charge is -2.33. The summed E-state index contributed by atoms with van der Waals surface area (Å²) in [5, 5.41) is 0. The van der Waals surface area contributed by atoms with Gasteiger partial charge in [-0.3, -0.25) is 0 Å². The molecule has 0 spiro atoms. The minimum atomic E-state index is -3.94. The van der Waals surface area contributed by atoms with E-state index in [4.69, 9.17) is 5.73 Å². The molecule has 2 N–H and O–H groups in total. The minimum absolute atomic E-state index is 0. The Labute approximate surface area is 129 Å². The lowest BCUT2D eigenvalue weighted by atomic mass is 9.93. The number of hydrogen-bond acceptors (Lipinski definition) is 3. The Kier molecular flexibility index (Phi) is 6.10. The molecule has 0 saturated carbocycles. The van der Waals surface area contributed by atoms with Gasteiger partial charge in [-0.25, -0.2) is 17.2 Å². The van der Waals surface area contributed by atoms with Crippen LogP contribution in [-0.2, 0) is 10.0 Å². The van der Waals surface area contributed by atoms with E-state index in [1.165, 1.54) is 4.31 Å². The molecule has 0 aromatic heterocycles. The summed E-state index contributed by atoms with van der Waals surface area (Å²) in [6, 6.07) is 2.38. The van der Waals surface area contributed by atoms with Gasteiger partial charge in [-0.2, -0.15) is 4.31 Å². The van der Waals surface area contributed by atoms with Crippen LogP contribution < -0.4 is 5.73 Å². The number of halogens is 3. The molecule has 2 atom stereocenters. The van der Waals surface area contributed by atoms with Crippen molar-refractivity contribution in [2.75, 3.05) is 13.1 Å². The van der Waals surface area contributed by atoms with Gasteiger partial charge in [-0.05, 0) is 37.8 Å². The molecule has 1 aromatic carbocycles. The molecule has 0 amide bonds. The second-order valence-corrected chi connectivity index (χ2v) is 7.11. The molecule has 1 aliphatic rings. The van der Waals surface area contributed by atoms with E-state index in [-0.39, 0.29) is 30.9 Å². The maximum Gasteiger partial charge on any atom is 0.245 e. The van der Waals surface area contributed by atoms with Crippen molar-refractivity contribution in [1.29, 1.82) is 0 Å². The zero-order chi connectivity index (χ0) is 14.9. The fraction of sp³-hybridized carbons (Fsp3) is 0.538. The minimum Gasteiger partial charge on any atom is -0.328 e. The average molecular weight is 341 g/mol. The van der Waals surface area contributed by atoms with E-state index in [1.54, 1.807) is 0 Å². The Balaban J connectivity index is 0.00000220. The number of rotatable bonds is 3. The highest BCUT2D eigenvalue weighted by atomic mass is 35.5. The van der Waals surface area contributed by atoms with Gasteiger partial charge in [0, 0.05) is 25.2 Å². The molecular formula is C13H19ClF2N2O2S. The Bertz CT molecular complexity index is 596. The summed E-state index contributed by atoms with van der Waals surface area (Å²) in [6.07, 6.45) is 1.55. The standard InChI is InChI=1S/C13H18F2N2O2S.ClH/c1-9(16)10-3-2-6-17(8-10)20(18,19)13-5-4-11(14)7-12(13)15;/h4-5,7,9-10H,2-3,6,8,16H2,1H3;1H.